The van der Waals surface area contributed by atoms with Crippen LogP contribution in [0.5, 0.6) is 0 Å². The summed E-state index contributed by atoms with van der Waals surface area (Å²) in [6.45, 7) is 5.17. The third-order valence-electron chi connectivity index (χ3n) is 3.99. The Labute approximate surface area is 118 Å². The molecule has 1 aromatic rings. The Morgan fingerprint density at radius 1 is 1.25 bits per heavy atom. The second-order valence-corrected chi connectivity index (χ2v) is 5.59. The molecule has 1 saturated heterocycles. The van der Waals surface area contributed by atoms with Gasteiger partial charge in [-0.1, -0.05) is 6.07 Å². The topological polar surface area (TPSA) is 30.3 Å². The number of rotatable bonds is 3. The third-order valence-corrected chi connectivity index (χ3v) is 3.99. The Hall–Kier alpha value is -1.51. The molecule has 1 unspecified atom stereocenters. The van der Waals surface area contributed by atoms with E-state index in [-0.39, 0.29) is 6.42 Å². The normalized spacial score (nSPS) is 20.4. The zero-order chi connectivity index (χ0) is 14.8. The molecule has 0 spiro atoms. The van der Waals surface area contributed by atoms with Crippen molar-refractivity contribution in [2.45, 2.75) is 18.9 Å². The molecular weight excluding hydrogens is 260 g/mol. The van der Waals surface area contributed by atoms with Gasteiger partial charge in [0.25, 0.3) is 0 Å². The summed E-state index contributed by atoms with van der Waals surface area (Å²) in [7, 11) is 2.04. The van der Waals surface area contributed by atoms with Crippen LogP contribution in [0.2, 0.25) is 0 Å². The number of nitrogens with zero attached hydrogens (tertiary/aromatic N) is 3. The number of benzene rings is 1. The van der Waals surface area contributed by atoms with Gasteiger partial charge in [-0.2, -0.15) is 5.26 Å². The van der Waals surface area contributed by atoms with Crippen LogP contribution in [-0.4, -0.2) is 48.6 Å². The molecular formula is C15H19F2N3. The van der Waals surface area contributed by atoms with Gasteiger partial charge < -0.3 is 4.90 Å². The predicted molar refractivity (Wildman–Crippen MR) is 73.2 cm³/mol. The zero-order valence-corrected chi connectivity index (χ0v) is 11.9. The highest BCUT2D eigenvalue weighted by molar-refractivity contribution is 5.24. The van der Waals surface area contributed by atoms with Crippen molar-refractivity contribution in [3.63, 3.8) is 0 Å². The summed E-state index contributed by atoms with van der Waals surface area (Å²) in [5.41, 5.74) is -0.380. The van der Waals surface area contributed by atoms with E-state index in [1.54, 1.807) is 0 Å². The first-order chi connectivity index (χ1) is 9.44. The van der Waals surface area contributed by atoms with Gasteiger partial charge in [-0.25, -0.2) is 8.78 Å². The summed E-state index contributed by atoms with van der Waals surface area (Å²) in [5.74, 6) is -1.18. The number of piperazine rings is 1. The van der Waals surface area contributed by atoms with E-state index in [1.165, 1.54) is 12.1 Å². The fourth-order valence-electron chi connectivity index (χ4n) is 2.56. The summed E-state index contributed by atoms with van der Waals surface area (Å²) < 4.78 is 26.7. The summed E-state index contributed by atoms with van der Waals surface area (Å²) in [4.78, 5) is 4.28. The largest absolute Gasteiger partial charge is 0.304 e. The molecule has 1 aromatic carbocycles. The Morgan fingerprint density at radius 3 is 2.45 bits per heavy atom. The highest BCUT2D eigenvalue weighted by Crippen LogP contribution is 2.23. The lowest BCUT2D eigenvalue weighted by atomic mass is 9.91. The van der Waals surface area contributed by atoms with Crippen molar-refractivity contribution in [3.05, 3.63) is 35.4 Å². The van der Waals surface area contributed by atoms with Crippen molar-refractivity contribution < 1.29 is 8.78 Å². The number of nitriles is 1. The van der Waals surface area contributed by atoms with E-state index in [9.17, 15) is 14.0 Å². The van der Waals surface area contributed by atoms with E-state index in [0.717, 1.165) is 32.2 Å². The lowest BCUT2D eigenvalue weighted by molar-refractivity contribution is 0.0830. The molecule has 0 radical (unpaired) electrons. The minimum atomic E-state index is -0.764. The van der Waals surface area contributed by atoms with Crippen LogP contribution in [0.3, 0.4) is 0 Å². The summed E-state index contributed by atoms with van der Waals surface area (Å²) in [5, 5.41) is 9.51. The van der Waals surface area contributed by atoms with E-state index in [1.807, 2.05) is 14.0 Å². The van der Waals surface area contributed by atoms with E-state index >= 15 is 0 Å². The molecule has 0 aliphatic carbocycles. The molecule has 0 N–H and O–H groups in total. The molecule has 1 aliphatic rings. The Bertz CT molecular complexity index is 518. The van der Waals surface area contributed by atoms with Gasteiger partial charge in [-0.15, -0.1) is 0 Å². The molecule has 1 heterocycles. The molecule has 0 saturated carbocycles. The van der Waals surface area contributed by atoms with Gasteiger partial charge >= 0.3 is 0 Å². The van der Waals surface area contributed by atoms with Crippen molar-refractivity contribution in [2.75, 3.05) is 33.2 Å². The van der Waals surface area contributed by atoms with Gasteiger partial charge in [0.1, 0.15) is 17.2 Å². The maximum Gasteiger partial charge on any atom is 0.129 e. The number of likely N-dealkylation sites (N-methyl/N-ethyl adjacent to an activating group) is 1. The Balaban J connectivity index is 2.17. The lowest BCUT2D eigenvalue weighted by Crippen LogP contribution is -2.55. The molecule has 1 fully saturated rings. The fraction of sp³-hybridized carbons (Fsp3) is 0.533. The van der Waals surface area contributed by atoms with Crippen LogP contribution in [-0.2, 0) is 6.42 Å². The van der Waals surface area contributed by atoms with Crippen LogP contribution in [0.4, 0.5) is 8.78 Å². The average molecular weight is 279 g/mol. The SMILES string of the molecule is CN1CCN(C(C)(C#N)Cc2ccc(F)cc2F)CC1. The van der Waals surface area contributed by atoms with Gasteiger partial charge in [0, 0.05) is 38.7 Å². The van der Waals surface area contributed by atoms with Gasteiger partial charge in [0.15, 0.2) is 0 Å². The second-order valence-electron chi connectivity index (χ2n) is 5.59. The highest BCUT2D eigenvalue weighted by atomic mass is 19.1. The molecule has 108 valence electrons. The van der Waals surface area contributed by atoms with Gasteiger partial charge in [-0.05, 0) is 25.6 Å². The van der Waals surface area contributed by atoms with E-state index in [2.05, 4.69) is 15.9 Å². The molecule has 0 aromatic heterocycles. The minimum absolute atomic E-state index is 0.263. The first-order valence-corrected chi connectivity index (χ1v) is 6.73. The molecule has 20 heavy (non-hydrogen) atoms. The van der Waals surface area contributed by atoms with Crippen LogP contribution < -0.4 is 0 Å². The van der Waals surface area contributed by atoms with Crippen molar-refractivity contribution in [3.8, 4) is 6.07 Å². The van der Waals surface area contributed by atoms with Crippen molar-refractivity contribution in [2.24, 2.45) is 0 Å². The lowest BCUT2D eigenvalue weighted by Gasteiger charge is -2.41. The molecule has 0 amide bonds. The fourth-order valence-corrected chi connectivity index (χ4v) is 2.56. The van der Waals surface area contributed by atoms with Gasteiger partial charge in [0.05, 0.1) is 6.07 Å². The molecule has 0 bridgehead atoms. The van der Waals surface area contributed by atoms with Crippen LogP contribution in [0.1, 0.15) is 12.5 Å². The van der Waals surface area contributed by atoms with E-state index in [4.69, 9.17) is 0 Å². The number of hydrogen-bond donors (Lipinski definition) is 0. The first-order valence-electron chi connectivity index (χ1n) is 6.73. The first kappa shape index (κ1) is 14.9. The maximum atomic E-state index is 13.8. The molecule has 1 aliphatic heterocycles. The summed E-state index contributed by atoms with van der Waals surface area (Å²) >= 11 is 0. The predicted octanol–water partition coefficient (Wildman–Crippen LogP) is 2.04. The molecule has 1 atom stereocenters. The highest BCUT2D eigenvalue weighted by Gasteiger charge is 2.34. The Kier molecular flexibility index (Phi) is 4.36. The van der Waals surface area contributed by atoms with Gasteiger partial charge in [0.2, 0.25) is 0 Å². The van der Waals surface area contributed by atoms with Crippen molar-refractivity contribution >= 4 is 0 Å². The maximum absolute atomic E-state index is 13.8. The average Bonchev–Trinajstić information content (AvgIpc) is 2.42. The van der Waals surface area contributed by atoms with Crippen LogP contribution in [0.25, 0.3) is 0 Å². The monoisotopic (exact) mass is 279 g/mol. The molecule has 2 rings (SSSR count). The van der Waals surface area contributed by atoms with Crippen molar-refractivity contribution in [1.29, 1.82) is 5.26 Å². The quantitative estimate of drug-likeness (QED) is 0.848. The summed E-state index contributed by atoms with van der Waals surface area (Å²) in [6.07, 6.45) is 0.263. The van der Waals surface area contributed by atoms with Crippen LogP contribution in [0.15, 0.2) is 18.2 Å². The van der Waals surface area contributed by atoms with Crippen LogP contribution in [0, 0.1) is 23.0 Å². The standard InChI is InChI=1S/C15H19F2N3/c1-15(11-18,20-7-5-19(2)6-8-20)10-12-3-4-13(16)9-14(12)17/h3-4,9H,5-8,10H2,1-2H3. The van der Waals surface area contributed by atoms with E-state index in [0.29, 0.717) is 5.56 Å². The number of hydrogen-bond acceptors (Lipinski definition) is 3. The summed E-state index contributed by atoms with van der Waals surface area (Å²) in [6, 6.07) is 5.84. The van der Waals surface area contributed by atoms with Gasteiger partial charge in [-0.3, -0.25) is 4.90 Å². The smallest absolute Gasteiger partial charge is 0.129 e. The minimum Gasteiger partial charge on any atom is -0.304 e. The number of halogens is 2. The third kappa shape index (κ3) is 3.14. The second kappa shape index (κ2) is 5.86. The Morgan fingerprint density at radius 2 is 1.90 bits per heavy atom. The molecule has 3 nitrogen and oxygen atoms in total. The van der Waals surface area contributed by atoms with Crippen LogP contribution >= 0.6 is 0 Å². The zero-order valence-electron chi connectivity index (χ0n) is 11.9. The molecule has 5 heteroatoms. The van der Waals surface area contributed by atoms with E-state index < -0.39 is 17.2 Å². The van der Waals surface area contributed by atoms with Crippen molar-refractivity contribution in [1.82, 2.24) is 9.80 Å².